The molecule has 0 bridgehead atoms. The van der Waals surface area contributed by atoms with Crippen LogP contribution in [0.3, 0.4) is 0 Å². The number of rotatable bonds is 2. The largest absolute Gasteiger partial charge is 0.207 e. The van der Waals surface area contributed by atoms with Crippen molar-refractivity contribution < 1.29 is 13.2 Å². The molecule has 2 rings (SSSR count). The Kier molecular flexibility index (Phi) is 4.21. The number of aryl methyl sites for hydroxylation is 1. The highest BCUT2D eigenvalue weighted by Crippen LogP contribution is 2.38. The summed E-state index contributed by atoms with van der Waals surface area (Å²) in [6.07, 6.45) is 0. The Labute approximate surface area is 122 Å². The Hall–Kier alpha value is -1.00. The zero-order valence-electron chi connectivity index (χ0n) is 9.85. The maximum Gasteiger partial charge on any atom is 0.130 e. The molecule has 0 aromatic heterocycles. The fourth-order valence-corrected chi connectivity index (χ4v) is 2.99. The van der Waals surface area contributed by atoms with Gasteiger partial charge in [0, 0.05) is 10.6 Å². The van der Waals surface area contributed by atoms with E-state index >= 15 is 0 Å². The summed E-state index contributed by atoms with van der Waals surface area (Å²) in [7, 11) is 0. The molecule has 0 radical (unpaired) electrons. The third-order valence-electron chi connectivity index (χ3n) is 2.80. The molecular formula is C14H9BrClF3. The molecule has 0 nitrogen and oxygen atoms in total. The third-order valence-corrected chi connectivity index (χ3v) is 4.08. The highest BCUT2D eigenvalue weighted by Gasteiger charge is 2.22. The van der Waals surface area contributed by atoms with Gasteiger partial charge in [-0.1, -0.05) is 39.7 Å². The van der Waals surface area contributed by atoms with Gasteiger partial charge in [0.2, 0.25) is 0 Å². The molecule has 0 aliphatic heterocycles. The average Bonchev–Trinajstić information content (AvgIpc) is 2.33. The van der Waals surface area contributed by atoms with Crippen molar-refractivity contribution in [2.24, 2.45) is 0 Å². The Morgan fingerprint density at radius 3 is 2.21 bits per heavy atom. The van der Waals surface area contributed by atoms with Gasteiger partial charge in [-0.2, -0.15) is 0 Å². The lowest BCUT2D eigenvalue weighted by Gasteiger charge is -2.15. The van der Waals surface area contributed by atoms with Crippen molar-refractivity contribution in [1.29, 1.82) is 0 Å². The molecule has 2 aromatic carbocycles. The van der Waals surface area contributed by atoms with Crippen LogP contribution in [0, 0.1) is 24.4 Å². The SMILES string of the molecule is Cc1cc(C(Br)c2c(F)cccc2F)c(Cl)cc1F. The maximum absolute atomic E-state index is 13.7. The number of hydrogen-bond donors (Lipinski definition) is 0. The van der Waals surface area contributed by atoms with Crippen molar-refractivity contribution in [3.05, 3.63) is 69.5 Å². The van der Waals surface area contributed by atoms with Gasteiger partial charge in [-0.15, -0.1) is 0 Å². The maximum atomic E-state index is 13.7. The monoisotopic (exact) mass is 348 g/mol. The molecule has 5 heteroatoms. The van der Waals surface area contributed by atoms with Gasteiger partial charge in [0.25, 0.3) is 0 Å². The topological polar surface area (TPSA) is 0 Å². The van der Waals surface area contributed by atoms with E-state index in [0.29, 0.717) is 11.1 Å². The number of hydrogen-bond acceptors (Lipinski definition) is 0. The lowest BCUT2D eigenvalue weighted by atomic mass is 10.0. The first kappa shape index (κ1) is 14.4. The van der Waals surface area contributed by atoms with Crippen LogP contribution in [0.5, 0.6) is 0 Å². The van der Waals surface area contributed by atoms with E-state index in [4.69, 9.17) is 11.6 Å². The average molecular weight is 350 g/mol. The molecule has 0 amide bonds. The van der Waals surface area contributed by atoms with E-state index in [-0.39, 0.29) is 10.6 Å². The smallest absolute Gasteiger partial charge is 0.130 e. The van der Waals surface area contributed by atoms with E-state index in [1.807, 2.05) is 0 Å². The summed E-state index contributed by atoms with van der Waals surface area (Å²) in [4.78, 5) is -0.777. The van der Waals surface area contributed by atoms with Gasteiger partial charge < -0.3 is 0 Å². The normalized spacial score (nSPS) is 12.5. The molecule has 2 aromatic rings. The molecular weight excluding hydrogens is 341 g/mol. The fraction of sp³-hybridized carbons (Fsp3) is 0.143. The van der Waals surface area contributed by atoms with E-state index in [9.17, 15) is 13.2 Å². The summed E-state index contributed by atoms with van der Waals surface area (Å²) in [5, 5.41) is 0.118. The standard InChI is InChI=1S/C14H9BrClF3/c1-7-5-8(9(16)6-12(7)19)14(15)13-10(17)3-2-4-11(13)18/h2-6,14H,1H3. The second-order valence-corrected chi connectivity index (χ2v) is 5.44. The van der Waals surface area contributed by atoms with E-state index in [1.165, 1.54) is 12.1 Å². The minimum Gasteiger partial charge on any atom is -0.207 e. The molecule has 0 heterocycles. The van der Waals surface area contributed by atoms with Gasteiger partial charge in [0.1, 0.15) is 17.5 Å². The quantitative estimate of drug-likeness (QED) is 0.624. The van der Waals surface area contributed by atoms with Crippen LogP contribution in [0.25, 0.3) is 0 Å². The lowest BCUT2D eigenvalue weighted by Crippen LogP contribution is -2.02. The summed E-state index contributed by atoms with van der Waals surface area (Å²) in [5.74, 6) is -1.82. The summed E-state index contributed by atoms with van der Waals surface area (Å²) in [6.45, 7) is 1.56. The Bertz CT molecular complexity index is 608. The summed E-state index contributed by atoms with van der Waals surface area (Å²) in [6, 6.07) is 6.22. The van der Waals surface area contributed by atoms with Crippen LogP contribution in [0.1, 0.15) is 21.5 Å². The van der Waals surface area contributed by atoms with Crippen LogP contribution in [-0.4, -0.2) is 0 Å². The molecule has 0 fully saturated rings. The minimum atomic E-state index is -0.777. The molecule has 1 atom stereocenters. The third kappa shape index (κ3) is 2.79. The predicted molar refractivity (Wildman–Crippen MR) is 73.3 cm³/mol. The molecule has 19 heavy (non-hydrogen) atoms. The highest BCUT2D eigenvalue weighted by molar-refractivity contribution is 9.09. The predicted octanol–water partition coefficient (Wildman–Crippen LogP) is 5.55. The van der Waals surface area contributed by atoms with Crippen molar-refractivity contribution in [2.45, 2.75) is 11.8 Å². The number of halogens is 5. The summed E-state index contributed by atoms with van der Waals surface area (Å²) >= 11 is 9.15. The minimum absolute atomic E-state index is 0.118. The zero-order valence-corrected chi connectivity index (χ0v) is 12.2. The molecule has 1 unspecified atom stereocenters. The van der Waals surface area contributed by atoms with Gasteiger partial charge in [-0.3, -0.25) is 0 Å². The lowest BCUT2D eigenvalue weighted by molar-refractivity contribution is 0.560. The van der Waals surface area contributed by atoms with Crippen molar-refractivity contribution in [3.8, 4) is 0 Å². The summed E-state index contributed by atoms with van der Waals surface area (Å²) < 4.78 is 40.8. The van der Waals surface area contributed by atoms with Gasteiger partial charge in [0.15, 0.2) is 0 Å². The molecule has 0 saturated heterocycles. The van der Waals surface area contributed by atoms with E-state index < -0.39 is 22.3 Å². The Morgan fingerprint density at radius 2 is 1.63 bits per heavy atom. The Balaban J connectivity index is 2.56. The first-order valence-electron chi connectivity index (χ1n) is 5.45. The molecule has 0 aliphatic carbocycles. The van der Waals surface area contributed by atoms with Gasteiger partial charge in [-0.05, 0) is 36.2 Å². The van der Waals surface area contributed by atoms with Gasteiger partial charge in [0.05, 0.1) is 4.83 Å². The number of benzene rings is 2. The van der Waals surface area contributed by atoms with Gasteiger partial charge in [-0.25, -0.2) is 13.2 Å². The van der Waals surface area contributed by atoms with Crippen molar-refractivity contribution in [3.63, 3.8) is 0 Å². The van der Waals surface area contributed by atoms with Crippen LogP contribution in [0.2, 0.25) is 5.02 Å². The van der Waals surface area contributed by atoms with Gasteiger partial charge >= 0.3 is 0 Å². The second kappa shape index (κ2) is 5.55. The van der Waals surface area contributed by atoms with Crippen LogP contribution >= 0.6 is 27.5 Å². The summed E-state index contributed by atoms with van der Waals surface area (Å²) in [5.41, 5.74) is 0.639. The van der Waals surface area contributed by atoms with Crippen LogP contribution < -0.4 is 0 Å². The molecule has 0 N–H and O–H groups in total. The molecule has 0 spiro atoms. The molecule has 0 aliphatic rings. The van der Waals surface area contributed by atoms with E-state index in [2.05, 4.69) is 15.9 Å². The molecule has 0 saturated carbocycles. The first-order valence-corrected chi connectivity index (χ1v) is 6.74. The number of alkyl halides is 1. The van der Waals surface area contributed by atoms with Crippen LogP contribution in [-0.2, 0) is 0 Å². The molecule has 100 valence electrons. The van der Waals surface area contributed by atoms with Crippen LogP contribution in [0.4, 0.5) is 13.2 Å². The van der Waals surface area contributed by atoms with Crippen LogP contribution in [0.15, 0.2) is 30.3 Å². The highest BCUT2D eigenvalue weighted by atomic mass is 79.9. The zero-order chi connectivity index (χ0) is 14.2. The fourth-order valence-electron chi connectivity index (χ4n) is 1.78. The van der Waals surface area contributed by atoms with E-state index in [1.54, 1.807) is 6.92 Å². The van der Waals surface area contributed by atoms with Crippen molar-refractivity contribution >= 4 is 27.5 Å². The Morgan fingerprint density at radius 1 is 1.05 bits per heavy atom. The van der Waals surface area contributed by atoms with Crippen molar-refractivity contribution in [1.82, 2.24) is 0 Å². The second-order valence-electron chi connectivity index (χ2n) is 4.12. The van der Waals surface area contributed by atoms with E-state index in [0.717, 1.165) is 18.2 Å². The van der Waals surface area contributed by atoms with Crippen molar-refractivity contribution in [2.75, 3.05) is 0 Å². The first-order chi connectivity index (χ1) is 8.91.